The smallest absolute Gasteiger partial charge is 0.407 e. The second kappa shape index (κ2) is 8.49. The first-order valence-corrected chi connectivity index (χ1v) is 9.10. The fourth-order valence-corrected chi connectivity index (χ4v) is 2.90. The molecule has 0 spiro atoms. The molecular weight excluding hydrogens is 346 g/mol. The van der Waals surface area contributed by atoms with Crippen molar-refractivity contribution in [1.82, 2.24) is 15.1 Å². The third-order valence-electron chi connectivity index (χ3n) is 3.31. The summed E-state index contributed by atoms with van der Waals surface area (Å²) in [5, 5.41) is 11.7. The zero-order valence-corrected chi connectivity index (χ0v) is 14.6. The number of aryl methyl sites for hydroxylation is 1. The Kier molecular flexibility index (Phi) is 6.37. The predicted molar refractivity (Wildman–Crippen MR) is 92.9 cm³/mol. The Morgan fingerprint density at radius 1 is 1.36 bits per heavy atom. The fourth-order valence-electron chi connectivity index (χ4n) is 2.13. The minimum absolute atomic E-state index is 0.115. The maximum atomic E-state index is 11.7. The van der Waals surface area contributed by atoms with Crippen molar-refractivity contribution in [2.75, 3.05) is 17.4 Å². The lowest BCUT2D eigenvalue weighted by molar-refractivity contribution is 0.139. The quantitative estimate of drug-likeness (QED) is 0.667. The first kappa shape index (κ1) is 18.7. The molecule has 0 saturated carbocycles. The van der Waals surface area contributed by atoms with E-state index in [4.69, 9.17) is 9.88 Å². The van der Waals surface area contributed by atoms with Crippen LogP contribution in [-0.2, 0) is 28.6 Å². The van der Waals surface area contributed by atoms with Gasteiger partial charge in [-0.2, -0.15) is 13.5 Å². The molecule has 0 aliphatic carbocycles. The third-order valence-corrected chi connectivity index (χ3v) is 4.31. The monoisotopic (exact) mass is 367 g/mol. The van der Waals surface area contributed by atoms with E-state index < -0.39 is 16.3 Å². The van der Waals surface area contributed by atoms with Crippen LogP contribution in [0, 0.1) is 0 Å². The van der Waals surface area contributed by atoms with Gasteiger partial charge in [0.25, 0.3) is 10.2 Å². The molecule has 136 valence electrons. The van der Waals surface area contributed by atoms with E-state index in [1.807, 2.05) is 30.3 Å². The van der Waals surface area contributed by atoms with E-state index in [0.717, 1.165) is 9.87 Å². The van der Waals surface area contributed by atoms with Crippen LogP contribution in [-0.4, -0.2) is 37.4 Å². The van der Waals surface area contributed by atoms with Crippen LogP contribution >= 0.6 is 0 Å². The average Bonchev–Trinajstić information content (AvgIpc) is 2.98. The number of ether oxygens (including phenoxy) is 1. The van der Waals surface area contributed by atoms with Crippen LogP contribution in [0.25, 0.3) is 0 Å². The molecule has 0 bridgehead atoms. The molecule has 10 heteroatoms. The van der Waals surface area contributed by atoms with Gasteiger partial charge in [0.1, 0.15) is 6.61 Å². The highest BCUT2D eigenvalue weighted by molar-refractivity contribution is 7.90. The fraction of sp³-hybridized carbons (Fsp3) is 0.333. The Hall–Kier alpha value is -2.59. The Morgan fingerprint density at radius 3 is 2.68 bits per heavy atom. The number of nitrogens with two attached hydrogens (primary N) is 1. The van der Waals surface area contributed by atoms with Crippen LogP contribution in [0.4, 0.5) is 10.5 Å². The van der Waals surface area contributed by atoms with Gasteiger partial charge in [0.15, 0.2) is 0 Å². The maximum Gasteiger partial charge on any atom is 0.407 e. The number of hydrogen-bond donors (Lipinski definition) is 2. The Bertz CT molecular complexity index is 791. The Balaban J connectivity index is 1.75. The summed E-state index contributed by atoms with van der Waals surface area (Å²) < 4.78 is 31.0. The normalized spacial score (nSPS) is 11.1. The zero-order valence-electron chi connectivity index (χ0n) is 13.8. The van der Waals surface area contributed by atoms with Gasteiger partial charge in [0, 0.05) is 26.3 Å². The minimum atomic E-state index is -3.92. The molecule has 1 heterocycles. The molecule has 0 unspecified atom stereocenters. The second-order valence-corrected chi connectivity index (χ2v) is 6.80. The lowest BCUT2D eigenvalue weighted by Gasteiger charge is -2.19. The summed E-state index contributed by atoms with van der Waals surface area (Å²) in [5.41, 5.74) is 1.26. The number of anilines is 1. The summed E-state index contributed by atoms with van der Waals surface area (Å²) in [7, 11) is -2.24. The van der Waals surface area contributed by atoms with Crippen molar-refractivity contribution >= 4 is 22.0 Å². The topological polar surface area (TPSA) is 120 Å². The van der Waals surface area contributed by atoms with Gasteiger partial charge in [0.05, 0.1) is 11.9 Å². The molecule has 1 aromatic heterocycles. The zero-order chi connectivity index (χ0) is 18.3. The standard InChI is InChI=1S/C15H21N5O4S/c1-19-11-14(10-18-19)20(25(16,22)23)9-5-8-17-15(21)24-12-13-6-3-2-4-7-13/h2-4,6-7,10-11H,5,8-9,12H2,1H3,(H,17,21)(H2,16,22,23). The predicted octanol–water partition coefficient (Wildman–Crippen LogP) is 0.747. The largest absolute Gasteiger partial charge is 0.445 e. The lowest BCUT2D eigenvalue weighted by Crippen LogP contribution is -2.38. The molecule has 0 fully saturated rings. The van der Waals surface area contributed by atoms with E-state index in [2.05, 4.69) is 10.4 Å². The number of aromatic nitrogens is 2. The van der Waals surface area contributed by atoms with Crippen molar-refractivity contribution in [2.45, 2.75) is 13.0 Å². The maximum absolute atomic E-state index is 11.7. The molecule has 1 amide bonds. The van der Waals surface area contributed by atoms with Gasteiger partial charge in [0.2, 0.25) is 0 Å². The molecule has 0 saturated heterocycles. The summed E-state index contributed by atoms with van der Waals surface area (Å²) in [5.74, 6) is 0. The van der Waals surface area contributed by atoms with Gasteiger partial charge >= 0.3 is 6.09 Å². The number of alkyl carbamates (subject to hydrolysis) is 1. The van der Waals surface area contributed by atoms with Gasteiger partial charge < -0.3 is 10.1 Å². The number of amides is 1. The highest BCUT2D eigenvalue weighted by Gasteiger charge is 2.19. The molecular formula is C15H21N5O4S. The van der Waals surface area contributed by atoms with Crippen molar-refractivity contribution in [3.05, 3.63) is 48.3 Å². The van der Waals surface area contributed by atoms with Crippen molar-refractivity contribution in [2.24, 2.45) is 12.2 Å². The SMILES string of the molecule is Cn1cc(N(CCCNC(=O)OCc2ccccc2)S(N)(=O)=O)cn1. The number of carbonyl (C=O) groups is 1. The van der Waals surface area contributed by atoms with Crippen LogP contribution in [0.3, 0.4) is 0 Å². The van der Waals surface area contributed by atoms with Crippen LogP contribution in [0.1, 0.15) is 12.0 Å². The van der Waals surface area contributed by atoms with E-state index in [1.165, 1.54) is 10.9 Å². The Labute approximate surface area is 146 Å². The van der Waals surface area contributed by atoms with E-state index in [-0.39, 0.29) is 19.7 Å². The first-order valence-electron chi connectivity index (χ1n) is 7.60. The molecule has 9 nitrogen and oxygen atoms in total. The molecule has 2 aromatic rings. The number of nitrogens with one attached hydrogen (secondary N) is 1. The summed E-state index contributed by atoms with van der Waals surface area (Å²) in [6, 6.07) is 9.30. The van der Waals surface area contributed by atoms with Gasteiger partial charge in [-0.05, 0) is 12.0 Å². The highest BCUT2D eigenvalue weighted by atomic mass is 32.2. The summed E-state index contributed by atoms with van der Waals surface area (Å²) >= 11 is 0. The van der Waals surface area contributed by atoms with E-state index >= 15 is 0 Å². The average molecular weight is 367 g/mol. The molecule has 1 aromatic carbocycles. The minimum Gasteiger partial charge on any atom is -0.445 e. The molecule has 3 N–H and O–H groups in total. The number of carbonyl (C=O) groups excluding carboxylic acids is 1. The van der Waals surface area contributed by atoms with Crippen molar-refractivity contribution < 1.29 is 17.9 Å². The van der Waals surface area contributed by atoms with Crippen molar-refractivity contribution in [1.29, 1.82) is 0 Å². The third kappa shape index (κ3) is 6.08. The first-order chi connectivity index (χ1) is 11.9. The molecule has 0 aliphatic heterocycles. The highest BCUT2D eigenvalue weighted by Crippen LogP contribution is 2.14. The summed E-state index contributed by atoms with van der Waals surface area (Å²) in [6.45, 7) is 0.537. The molecule has 0 aliphatic rings. The lowest BCUT2D eigenvalue weighted by atomic mass is 10.2. The molecule has 25 heavy (non-hydrogen) atoms. The van der Waals surface area contributed by atoms with Gasteiger partial charge in [-0.15, -0.1) is 0 Å². The van der Waals surface area contributed by atoms with E-state index in [9.17, 15) is 13.2 Å². The molecule has 0 radical (unpaired) electrons. The van der Waals surface area contributed by atoms with Crippen LogP contribution in [0.15, 0.2) is 42.7 Å². The summed E-state index contributed by atoms with van der Waals surface area (Å²) in [6.07, 6.45) is 2.76. The van der Waals surface area contributed by atoms with Crippen LogP contribution in [0.5, 0.6) is 0 Å². The molecule has 0 atom stereocenters. The number of nitrogens with zero attached hydrogens (tertiary/aromatic N) is 3. The number of benzene rings is 1. The number of hydrogen-bond acceptors (Lipinski definition) is 5. The Morgan fingerprint density at radius 2 is 2.08 bits per heavy atom. The van der Waals surface area contributed by atoms with Crippen LogP contribution < -0.4 is 14.8 Å². The summed E-state index contributed by atoms with van der Waals surface area (Å²) in [4.78, 5) is 11.6. The van der Waals surface area contributed by atoms with E-state index in [1.54, 1.807) is 13.2 Å². The van der Waals surface area contributed by atoms with Crippen molar-refractivity contribution in [3.8, 4) is 0 Å². The van der Waals surface area contributed by atoms with Gasteiger partial charge in [-0.3, -0.25) is 8.99 Å². The van der Waals surface area contributed by atoms with Crippen molar-refractivity contribution in [3.63, 3.8) is 0 Å². The van der Waals surface area contributed by atoms with Gasteiger partial charge in [-0.25, -0.2) is 9.93 Å². The van der Waals surface area contributed by atoms with Crippen LogP contribution in [0.2, 0.25) is 0 Å². The molecule has 2 rings (SSSR count). The number of rotatable bonds is 8. The van der Waals surface area contributed by atoms with E-state index in [0.29, 0.717) is 12.1 Å². The second-order valence-electron chi connectivity index (χ2n) is 5.33. The van der Waals surface area contributed by atoms with Gasteiger partial charge in [-0.1, -0.05) is 30.3 Å².